The van der Waals surface area contributed by atoms with E-state index in [1.807, 2.05) is 37.3 Å². The van der Waals surface area contributed by atoms with Crippen molar-refractivity contribution < 1.29 is 9.84 Å². The Morgan fingerprint density at radius 3 is 2.47 bits per heavy atom. The molecule has 3 rings (SSSR count). The van der Waals surface area contributed by atoms with Crippen LogP contribution in [-0.2, 0) is 4.74 Å². The van der Waals surface area contributed by atoms with Crippen LogP contribution in [0, 0.1) is 0 Å². The van der Waals surface area contributed by atoms with Gasteiger partial charge in [0.15, 0.2) is 5.96 Å². The largest absolute Gasteiger partial charge is 0.389 e. The summed E-state index contributed by atoms with van der Waals surface area (Å²) in [4.78, 5) is 7.32. The lowest BCUT2D eigenvalue weighted by Crippen LogP contribution is -2.51. The molecule has 1 aliphatic heterocycles. The zero-order chi connectivity index (χ0) is 21.9. The predicted molar refractivity (Wildman–Crippen MR) is 143 cm³/mol. The third-order valence-corrected chi connectivity index (χ3v) is 6.57. The Morgan fingerprint density at radius 2 is 1.81 bits per heavy atom. The number of piperidine rings is 1. The molecule has 1 saturated carbocycles. The smallest absolute Gasteiger partial charge is 0.191 e. The van der Waals surface area contributed by atoms with E-state index in [1.165, 1.54) is 45.2 Å². The molecule has 2 fully saturated rings. The molecule has 7 heteroatoms. The standard InChI is InChI=1S/C25H42N4O2.HI/c1-3-26-25(27-18-24(30)19-31-20(2)21-10-6-4-7-11-21)28-22-14-16-29(17-15-22)23-12-8-5-9-13-23;/h4,6-7,10-11,20,22-24,30H,3,5,8-9,12-19H2,1-2H3,(H2,26,27,28);1H. The van der Waals surface area contributed by atoms with Crippen molar-refractivity contribution >= 4 is 29.9 Å². The maximum absolute atomic E-state index is 10.4. The second kappa shape index (κ2) is 15.1. The first-order chi connectivity index (χ1) is 15.2. The molecular weight excluding hydrogens is 515 g/mol. The number of nitrogens with zero attached hydrogens (tertiary/aromatic N) is 2. The van der Waals surface area contributed by atoms with Crippen LogP contribution >= 0.6 is 24.0 Å². The summed E-state index contributed by atoms with van der Waals surface area (Å²) in [5.41, 5.74) is 1.12. The lowest BCUT2D eigenvalue weighted by molar-refractivity contribution is 0.00110. The van der Waals surface area contributed by atoms with Crippen LogP contribution < -0.4 is 10.6 Å². The van der Waals surface area contributed by atoms with Crippen LogP contribution in [0.1, 0.15) is 70.5 Å². The van der Waals surface area contributed by atoms with Crippen molar-refractivity contribution in [1.29, 1.82) is 0 Å². The van der Waals surface area contributed by atoms with E-state index in [2.05, 4.69) is 27.4 Å². The summed E-state index contributed by atoms with van der Waals surface area (Å²) in [6.07, 6.45) is 8.62. The van der Waals surface area contributed by atoms with Gasteiger partial charge < -0.3 is 25.4 Å². The predicted octanol–water partition coefficient (Wildman–Crippen LogP) is 4.10. The number of guanidine groups is 1. The highest BCUT2D eigenvalue weighted by molar-refractivity contribution is 14.0. The molecule has 0 radical (unpaired) electrons. The number of hydrogen-bond donors (Lipinski definition) is 3. The topological polar surface area (TPSA) is 69.1 Å². The van der Waals surface area contributed by atoms with Gasteiger partial charge >= 0.3 is 0 Å². The zero-order valence-corrected chi connectivity index (χ0v) is 22.2. The molecule has 2 unspecified atom stereocenters. The highest BCUT2D eigenvalue weighted by Gasteiger charge is 2.26. The number of rotatable bonds is 9. The number of ether oxygens (including phenoxy) is 1. The lowest BCUT2D eigenvalue weighted by atomic mass is 9.92. The van der Waals surface area contributed by atoms with Crippen LogP contribution in [0.5, 0.6) is 0 Å². The summed E-state index contributed by atoms with van der Waals surface area (Å²) >= 11 is 0. The van der Waals surface area contributed by atoms with E-state index < -0.39 is 6.10 Å². The average molecular weight is 559 g/mol. The van der Waals surface area contributed by atoms with Crippen molar-refractivity contribution in [3.05, 3.63) is 35.9 Å². The van der Waals surface area contributed by atoms with E-state index in [-0.39, 0.29) is 36.7 Å². The van der Waals surface area contributed by atoms with Crippen molar-refractivity contribution in [2.75, 3.05) is 32.8 Å². The van der Waals surface area contributed by atoms with Gasteiger partial charge in [0, 0.05) is 31.7 Å². The van der Waals surface area contributed by atoms with Gasteiger partial charge in [-0.2, -0.15) is 0 Å². The molecule has 0 spiro atoms. The first-order valence-electron chi connectivity index (χ1n) is 12.3. The normalized spacial score (nSPS) is 20.9. The molecule has 1 heterocycles. The second-order valence-electron chi connectivity index (χ2n) is 9.01. The van der Waals surface area contributed by atoms with Crippen molar-refractivity contribution in [3.8, 4) is 0 Å². The van der Waals surface area contributed by atoms with Crippen molar-refractivity contribution in [3.63, 3.8) is 0 Å². The zero-order valence-electron chi connectivity index (χ0n) is 19.8. The Morgan fingerprint density at radius 1 is 1.12 bits per heavy atom. The number of aliphatic hydroxyl groups excluding tert-OH is 1. The average Bonchev–Trinajstić information content (AvgIpc) is 2.82. The van der Waals surface area contributed by atoms with Gasteiger partial charge in [-0.1, -0.05) is 49.6 Å². The molecule has 32 heavy (non-hydrogen) atoms. The molecule has 3 N–H and O–H groups in total. The Labute approximate surface area is 211 Å². The summed E-state index contributed by atoms with van der Waals surface area (Å²) in [6, 6.07) is 11.3. The number of nitrogens with one attached hydrogen (secondary N) is 2. The maximum Gasteiger partial charge on any atom is 0.191 e. The fraction of sp³-hybridized carbons (Fsp3) is 0.720. The van der Waals surface area contributed by atoms with Gasteiger partial charge in [0.25, 0.3) is 0 Å². The summed E-state index contributed by atoms with van der Waals surface area (Å²) < 4.78 is 5.84. The van der Waals surface area contributed by atoms with Crippen molar-refractivity contribution in [1.82, 2.24) is 15.5 Å². The van der Waals surface area contributed by atoms with Gasteiger partial charge in [0.05, 0.1) is 25.4 Å². The van der Waals surface area contributed by atoms with Gasteiger partial charge in [-0.3, -0.25) is 4.99 Å². The minimum Gasteiger partial charge on any atom is -0.389 e. The molecule has 0 bridgehead atoms. The van der Waals surface area contributed by atoms with Crippen LogP contribution in [0.4, 0.5) is 0 Å². The molecule has 182 valence electrons. The summed E-state index contributed by atoms with van der Waals surface area (Å²) in [7, 11) is 0. The van der Waals surface area contributed by atoms with Gasteiger partial charge in [-0.25, -0.2) is 0 Å². The number of aliphatic imine (C=N–C) groups is 1. The Balaban J connectivity index is 0.00000363. The first-order valence-corrected chi connectivity index (χ1v) is 12.3. The van der Waals surface area contributed by atoms with Gasteiger partial charge in [-0.15, -0.1) is 24.0 Å². The summed E-state index contributed by atoms with van der Waals surface area (Å²) in [5, 5.41) is 17.3. The van der Waals surface area contributed by atoms with Crippen molar-refractivity contribution in [2.45, 2.75) is 83.1 Å². The molecule has 1 saturated heterocycles. The fourth-order valence-electron chi connectivity index (χ4n) is 4.69. The quantitative estimate of drug-likeness (QED) is 0.242. The lowest BCUT2D eigenvalue weighted by Gasteiger charge is -2.39. The number of likely N-dealkylation sites (tertiary alicyclic amines) is 1. The fourth-order valence-corrected chi connectivity index (χ4v) is 4.69. The van der Waals surface area contributed by atoms with E-state index in [4.69, 9.17) is 4.74 Å². The van der Waals surface area contributed by atoms with E-state index in [9.17, 15) is 5.11 Å². The Kier molecular flexibility index (Phi) is 12.9. The highest BCUT2D eigenvalue weighted by Crippen LogP contribution is 2.25. The highest BCUT2D eigenvalue weighted by atomic mass is 127. The number of hydrogen-bond acceptors (Lipinski definition) is 4. The second-order valence-corrected chi connectivity index (χ2v) is 9.01. The molecule has 1 aromatic rings. The minimum absolute atomic E-state index is 0. The van der Waals surface area contributed by atoms with E-state index in [0.717, 1.165) is 37.0 Å². The minimum atomic E-state index is -0.616. The van der Waals surface area contributed by atoms with Gasteiger partial charge in [0.2, 0.25) is 0 Å². The maximum atomic E-state index is 10.4. The summed E-state index contributed by atoms with van der Waals surface area (Å²) in [6.45, 7) is 7.85. The molecule has 0 amide bonds. The van der Waals surface area contributed by atoms with E-state index in [1.54, 1.807) is 0 Å². The number of halogens is 1. The van der Waals surface area contributed by atoms with Crippen LogP contribution in [0.15, 0.2) is 35.3 Å². The monoisotopic (exact) mass is 558 g/mol. The van der Waals surface area contributed by atoms with Crippen LogP contribution in [-0.4, -0.2) is 66.9 Å². The molecule has 2 atom stereocenters. The molecule has 1 aliphatic carbocycles. The van der Waals surface area contributed by atoms with Crippen LogP contribution in [0.2, 0.25) is 0 Å². The van der Waals surface area contributed by atoms with Gasteiger partial charge in [0.1, 0.15) is 0 Å². The van der Waals surface area contributed by atoms with E-state index >= 15 is 0 Å². The number of benzene rings is 1. The van der Waals surface area contributed by atoms with E-state index in [0.29, 0.717) is 12.6 Å². The molecule has 2 aliphatic rings. The third-order valence-electron chi connectivity index (χ3n) is 6.57. The Bertz CT molecular complexity index is 647. The van der Waals surface area contributed by atoms with Crippen LogP contribution in [0.3, 0.4) is 0 Å². The molecular formula is C25H43IN4O2. The van der Waals surface area contributed by atoms with Gasteiger partial charge in [-0.05, 0) is 45.1 Å². The number of aliphatic hydroxyl groups is 1. The molecule has 0 aromatic heterocycles. The molecule has 1 aromatic carbocycles. The van der Waals surface area contributed by atoms with Crippen LogP contribution in [0.25, 0.3) is 0 Å². The SMILES string of the molecule is CCNC(=NCC(O)COC(C)c1ccccc1)NC1CCN(C2CCCCC2)CC1.I. The van der Waals surface area contributed by atoms with Crippen molar-refractivity contribution in [2.24, 2.45) is 4.99 Å². The summed E-state index contributed by atoms with van der Waals surface area (Å²) in [5.74, 6) is 0.800. The first kappa shape index (κ1) is 27.3. The molecule has 6 nitrogen and oxygen atoms in total. The third kappa shape index (κ3) is 9.15. The Hall–Kier alpha value is -0.900.